The van der Waals surface area contributed by atoms with E-state index in [-0.39, 0.29) is 17.6 Å². The first kappa shape index (κ1) is 20.7. The molecular formula is C23H22N2O5S. The van der Waals surface area contributed by atoms with Gasteiger partial charge in [0.15, 0.2) is 11.5 Å². The average Bonchev–Trinajstić information content (AvgIpc) is 3.26. The van der Waals surface area contributed by atoms with Crippen LogP contribution in [0, 0.1) is 0 Å². The summed E-state index contributed by atoms with van der Waals surface area (Å²) in [5.74, 6) is 1.04. The van der Waals surface area contributed by atoms with Gasteiger partial charge in [-0.1, -0.05) is 24.3 Å². The fourth-order valence-corrected chi connectivity index (χ4v) is 4.80. The Morgan fingerprint density at radius 2 is 1.68 bits per heavy atom. The minimum absolute atomic E-state index is 0.130. The predicted molar refractivity (Wildman–Crippen MR) is 117 cm³/mol. The van der Waals surface area contributed by atoms with Crippen molar-refractivity contribution < 1.29 is 22.7 Å². The summed E-state index contributed by atoms with van der Waals surface area (Å²) < 4.78 is 38.1. The maximum Gasteiger partial charge on any atom is 0.264 e. The van der Waals surface area contributed by atoms with E-state index in [0.29, 0.717) is 35.8 Å². The van der Waals surface area contributed by atoms with E-state index in [1.165, 1.54) is 28.6 Å². The number of para-hydroxylation sites is 1. The van der Waals surface area contributed by atoms with E-state index in [1.807, 2.05) is 18.2 Å². The highest BCUT2D eigenvalue weighted by molar-refractivity contribution is 7.92. The van der Waals surface area contributed by atoms with E-state index >= 15 is 0 Å². The molecule has 31 heavy (non-hydrogen) atoms. The maximum absolute atomic E-state index is 13.1. The Hall–Kier alpha value is -3.52. The monoisotopic (exact) mass is 438 g/mol. The lowest BCUT2D eigenvalue weighted by atomic mass is 10.2. The number of anilines is 1. The molecule has 0 radical (unpaired) electrons. The fourth-order valence-electron chi connectivity index (χ4n) is 3.33. The Morgan fingerprint density at radius 1 is 0.968 bits per heavy atom. The zero-order valence-corrected chi connectivity index (χ0v) is 17.8. The van der Waals surface area contributed by atoms with Crippen LogP contribution in [0.3, 0.4) is 0 Å². The van der Waals surface area contributed by atoms with Crippen molar-refractivity contribution in [3.05, 3.63) is 83.9 Å². The lowest BCUT2D eigenvalue weighted by Crippen LogP contribution is -2.30. The summed E-state index contributed by atoms with van der Waals surface area (Å²) >= 11 is 0. The number of nitrogens with one attached hydrogen (secondary N) is 1. The second-order valence-electron chi connectivity index (χ2n) is 6.90. The van der Waals surface area contributed by atoms with Gasteiger partial charge in [-0.05, 0) is 61.0 Å². The molecule has 0 saturated carbocycles. The van der Waals surface area contributed by atoms with Crippen LogP contribution < -0.4 is 19.1 Å². The average molecular weight is 439 g/mol. The third-order valence-electron chi connectivity index (χ3n) is 4.93. The molecule has 1 aliphatic rings. The Labute approximate surface area is 181 Å². The summed E-state index contributed by atoms with van der Waals surface area (Å²) in [4.78, 5) is 12.6. The summed E-state index contributed by atoms with van der Waals surface area (Å²) in [6.07, 6.45) is 0. The molecule has 0 spiro atoms. The Balaban J connectivity index is 1.45. The van der Waals surface area contributed by atoms with Crippen molar-refractivity contribution in [3.63, 3.8) is 0 Å². The van der Waals surface area contributed by atoms with Crippen molar-refractivity contribution in [2.45, 2.75) is 18.4 Å². The van der Waals surface area contributed by atoms with Gasteiger partial charge in [0, 0.05) is 18.7 Å². The number of hydrogen-bond donors (Lipinski definition) is 1. The predicted octanol–water partition coefficient (Wildman–Crippen LogP) is 3.56. The molecule has 0 aliphatic carbocycles. The van der Waals surface area contributed by atoms with Gasteiger partial charge in [0.2, 0.25) is 6.79 Å². The number of rotatable bonds is 7. The molecule has 3 aromatic carbocycles. The topological polar surface area (TPSA) is 84.9 Å². The second kappa shape index (κ2) is 8.69. The molecule has 1 aliphatic heterocycles. The summed E-state index contributed by atoms with van der Waals surface area (Å²) in [7, 11) is -3.73. The van der Waals surface area contributed by atoms with Crippen LogP contribution in [0.4, 0.5) is 5.69 Å². The molecular weight excluding hydrogens is 416 g/mol. The van der Waals surface area contributed by atoms with Gasteiger partial charge in [-0.3, -0.25) is 9.10 Å². The molecule has 8 heteroatoms. The molecule has 0 fully saturated rings. The van der Waals surface area contributed by atoms with Crippen molar-refractivity contribution in [1.82, 2.24) is 5.32 Å². The number of sulfonamides is 1. The Bertz CT molecular complexity index is 1180. The standard InChI is InChI=1S/C23H22N2O5S/c1-2-25(19-6-4-3-5-7-19)31(27,28)20-11-9-18(10-12-20)23(26)24-15-17-8-13-21-22(14-17)30-16-29-21/h3-14H,2,15-16H2,1H3,(H,24,26). The highest BCUT2D eigenvalue weighted by Crippen LogP contribution is 2.32. The number of ether oxygens (including phenoxy) is 2. The minimum atomic E-state index is -3.73. The third kappa shape index (κ3) is 4.34. The van der Waals surface area contributed by atoms with Gasteiger partial charge in [-0.15, -0.1) is 0 Å². The van der Waals surface area contributed by atoms with Crippen LogP contribution in [0.2, 0.25) is 0 Å². The maximum atomic E-state index is 13.1. The third-order valence-corrected chi connectivity index (χ3v) is 6.84. The van der Waals surface area contributed by atoms with Crippen LogP contribution in [-0.2, 0) is 16.6 Å². The Kier molecular flexibility index (Phi) is 5.81. The second-order valence-corrected chi connectivity index (χ2v) is 8.76. The van der Waals surface area contributed by atoms with Crippen molar-refractivity contribution in [3.8, 4) is 11.5 Å². The van der Waals surface area contributed by atoms with Crippen LogP contribution >= 0.6 is 0 Å². The van der Waals surface area contributed by atoms with E-state index in [0.717, 1.165) is 5.56 Å². The van der Waals surface area contributed by atoms with Crippen molar-refractivity contribution >= 4 is 21.6 Å². The van der Waals surface area contributed by atoms with E-state index in [9.17, 15) is 13.2 Å². The van der Waals surface area contributed by atoms with Crippen LogP contribution in [0.25, 0.3) is 0 Å². The number of carbonyl (C=O) groups excluding carboxylic acids is 1. The molecule has 0 aromatic heterocycles. The van der Waals surface area contributed by atoms with Gasteiger partial charge in [0.25, 0.3) is 15.9 Å². The zero-order valence-electron chi connectivity index (χ0n) is 16.9. The van der Waals surface area contributed by atoms with Gasteiger partial charge < -0.3 is 14.8 Å². The van der Waals surface area contributed by atoms with E-state index < -0.39 is 10.0 Å². The molecule has 1 heterocycles. The summed E-state index contributed by atoms with van der Waals surface area (Å²) in [5, 5.41) is 2.83. The number of fused-ring (bicyclic) bond motifs is 1. The Morgan fingerprint density at radius 3 is 2.39 bits per heavy atom. The fraction of sp³-hybridized carbons (Fsp3) is 0.174. The van der Waals surface area contributed by atoms with E-state index in [1.54, 1.807) is 37.3 Å². The van der Waals surface area contributed by atoms with Gasteiger partial charge in [-0.2, -0.15) is 0 Å². The largest absolute Gasteiger partial charge is 0.454 e. The summed E-state index contributed by atoms with van der Waals surface area (Å²) in [6, 6.07) is 20.3. The summed E-state index contributed by atoms with van der Waals surface area (Å²) in [5.41, 5.74) is 1.84. The van der Waals surface area contributed by atoms with E-state index in [2.05, 4.69) is 5.32 Å². The summed E-state index contributed by atoms with van der Waals surface area (Å²) in [6.45, 7) is 2.58. The number of carbonyl (C=O) groups is 1. The quantitative estimate of drug-likeness (QED) is 0.610. The van der Waals surface area contributed by atoms with Crippen molar-refractivity contribution in [2.24, 2.45) is 0 Å². The normalized spacial score (nSPS) is 12.4. The van der Waals surface area contributed by atoms with Crippen molar-refractivity contribution in [1.29, 1.82) is 0 Å². The van der Waals surface area contributed by atoms with E-state index in [4.69, 9.17) is 9.47 Å². The first-order valence-corrected chi connectivity index (χ1v) is 11.3. The van der Waals surface area contributed by atoms with Crippen LogP contribution in [0.1, 0.15) is 22.8 Å². The lowest BCUT2D eigenvalue weighted by Gasteiger charge is -2.23. The van der Waals surface area contributed by atoms with Gasteiger partial charge in [-0.25, -0.2) is 8.42 Å². The highest BCUT2D eigenvalue weighted by Gasteiger charge is 2.23. The number of hydrogen-bond acceptors (Lipinski definition) is 5. The molecule has 1 amide bonds. The van der Waals surface area contributed by atoms with Gasteiger partial charge >= 0.3 is 0 Å². The number of benzene rings is 3. The molecule has 1 N–H and O–H groups in total. The molecule has 3 aromatic rings. The minimum Gasteiger partial charge on any atom is -0.454 e. The number of nitrogens with zero attached hydrogens (tertiary/aromatic N) is 1. The SMILES string of the molecule is CCN(c1ccccc1)S(=O)(=O)c1ccc(C(=O)NCc2ccc3c(c2)OCO3)cc1. The molecule has 160 valence electrons. The zero-order chi connectivity index (χ0) is 21.8. The van der Waals surface area contributed by atoms with Crippen LogP contribution in [0.5, 0.6) is 11.5 Å². The molecule has 0 atom stereocenters. The van der Waals surface area contributed by atoms with Crippen LogP contribution in [-0.4, -0.2) is 27.7 Å². The molecule has 0 unspecified atom stereocenters. The smallest absolute Gasteiger partial charge is 0.264 e. The molecule has 0 bridgehead atoms. The molecule has 0 saturated heterocycles. The number of amides is 1. The lowest BCUT2D eigenvalue weighted by molar-refractivity contribution is 0.0950. The van der Waals surface area contributed by atoms with Crippen LogP contribution in [0.15, 0.2) is 77.7 Å². The van der Waals surface area contributed by atoms with Crippen molar-refractivity contribution in [2.75, 3.05) is 17.6 Å². The first-order chi connectivity index (χ1) is 15.0. The molecule has 4 rings (SSSR count). The first-order valence-electron chi connectivity index (χ1n) is 9.83. The highest BCUT2D eigenvalue weighted by atomic mass is 32.2. The van der Waals surface area contributed by atoms with Gasteiger partial charge in [0.05, 0.1) is 10.6 Å². The van der Waals surface area contributed by atoms with Gasteiger partial charge in [0.1, 0.15) is 0 Å². The molecule has 7 nitrogen and oxygen atoms in total.